The van der Waals surface area contributed by atoms with Crippen LogP contribution in [0, 0.1) is 11.3 Å². The second kappa shape index (κ2) is 5.91. The summed E-state index contributed by atoms with van der Waals surface area (Å²) in [6.45, 7) is 0. The minimum absolute atomic E-state index is 0.207. The van der Waals surface area contributed by atoms with Crippen LogP contribution < -0.4 is 5.32 Å². The average Bonchev–Trinajstić information content (AvgIpc) is 2.97. The summed E-state index contributed by atoms with van der Waals surface area (Å²) in [5, 5.41) is 13.9. The first-order valence-electron chi connectivity index (χ1n) is 5.37. The van der Waals surface area contributed by atoms with Crippen molar-refractivity contribution in [1.82, 2.24) is 5.32 Å². The number of nitrogens with zero attached hydrogens (tertiary/aromatic N) is 1. The van der Waals surface area contributed by atoms with E-state index >= 15 is 0 Å². The van der Waals surface area contributed by atoms with E-state index in [0.717, 1.165) is 21.5 Å². The maximum atomic E-state index is 11.8. The number of nitrogens with one attached hydrogen (secondary N) is 1. The van der Waals surface area contributed by atoms with Crippen LogP contribution in [0.1, 0.15) is 12.0 Å². The highest BCUT2D eigenvalue weighted by Crippen LogP contribution is 2.27. The SMILES string of the molecule is N#CC1(NC(=O)C=Cc2csc(Br)c2)CCSC1. The Bertz CT molecular complexity index is 512. The first-order valence-corrected chi connectivity index (χ1v) is 8.20. The fourth-order valence-electron chi connectivity index (χ4n) is 1.64. The van der Waals surface area contributed by atoms with Gasteiger partial charge in [-0.3, -0.25) is 4.79 Å². The monoisotopic (exact) mass is 342 g/mol. The van der Waals surface area contributed by atoms with E-state index in [1.807, 2.05) is 11.4 Å². The van der Waals surface area contributed by atoms with Crippen molar-refractivity contribution in [3.05, 3.63) is 26.9 Å². The summed E-state index contributed by atoms with van der Waals surface area (Å²) in [5.74, 6) is 1.39. The predicted octanol–water partition coefficient (Wildman–Crippen LogP) is 3.04. The van der Waals surface area contributed by atoms with Gasteiger partial charge in [0, 0.05) is 11.8 Å². The molecule has 1 aromatic heterocycles. The number of hydrogen-bond acceptors (Lipinski definition) is 4. The van der Waals surface area contributed by atoms with Crippen molar-refractivity contribution in [1.29, 1.82) is 5.26 Å². The molecule has 1 unspecified atom stereocenters. The summed E-state index contributed by atoms with van der Waals surface area (Å²) in [7, 11) is 0. The average molecular weight is 343 g/mol. The highest BCUT2D eigenvalue weighted by atomic mass is 79.9. The molecule has 0 saturated carbocycles. The van der Waals surface area contributed by atoms with Crippen LogP contribution in [0.2, 0.25) is 0 Å². The summed E-state index contributed by atoms with van der Waals surface area (Å²) in [5.41, 5.74) is 0.301. The van der Waals surface area contributed by atoms with Crippen LogP contribution in [-0.4, -0.2) is 23.0 Å². The van der Waals surface area contributed by atoms with Gasteiger partial charge in [0.1, 0.15) is 5.54 Å². The minimum atomic E-state index is -0.679. The molecule has 0 spiro atoms. The minimum Gasteiger partial charge on any atom is -0.333 e. The van der Waals surface area contributed by atoms with Gasteiger partial charge < -0.3 is 5.32 Å². The van der Waals surface area contributed by atoms with Gasteiger partial charge in [-0.25, -0.2) is 0 Å². The van der Waals surface area contributed by atoms with Crippen molar-refractivity contribution in [2.75, 3.05) is 11.5 Å². The molecule has 0 bridgehead atoms. The third-order valence-electron chi connectivity index (χ3n) is 2.61. The Labute approximate surface area is 122 Å². The van der Waals surface area contributed by atoms with E-state index in [4.69, 9.17) is 5.26 Å². The second-order valence-corrected chi connectivity index (χ2v) is 7.40. The Morgan fingerprint density at radius 2 is 2.50 bits per heavy atom. The van der Waals surface area contributed by atoms with Gasteiger partial charge in [-0.15, -0.1) is 11.3 Å². The van der Waals surface area contributed by atoms with Crippen LogP contribution in [0.4, 0.5) is 0 Å². The highest BCUT2D eigenvalue weighted by molar-refractivity contribution is 9.11. The third kappa shape index (κ3) is 3.37. The van der Waals surface area contributed by atoms with Gasteiger partial charge in [-0.1, -0.05) is 0 Å². The molecule has 2 rings (SSSR count). The van der Waals surface area contributed by atoms with E-state index in [1.165, 1.54) is 6.08 Å². The Morgan fingerprint density at radius 3 is 3.06 bits per heavy atom. The molecule has 1 saturated heterocycles. The maximum Gasteiger partial charge on any atom is 0.245 e. The Morgan fingerprint density at radius 1 is 1.67 bits per heavy atom. The molecule has 2 heterocycles. The maximum absolute atomic E-state index is 11.8. The van der Waals surface area contributed by atoms with Crippen molar-refractivity contribution in [3.8, 4) is 6.07 Å². The number of rotatable bonds is 3. The summed E-state index contributed by atoms with van der Waals surface area (Å²) in [6.07, 6.45) is 3.96. The molecule has 0 aliphatic carbocycles. The number of amides is 1. The van der Waals surface area contributed by atoms with Crippen molar-refractivity contribution >= 4 is 51.0 Å². The van der Waals surface area contributed by atoms with E-state index in [2.05, 4.69) is 27.3 Å². The van der Waals surface area contributed by atoms with Crippen LogP contribution in [0.15, 0.2) is 21.3 Å². The number of halogens is 1. The number of hydrogen-bond donors (Lipinski definition) is 1. The zero-order valence-electron chi connectivity index (χ0n) is 9.48. The molecule has 1 aliphatic rings. The van der Waals surface area contributed by atoms with Gasteiger partial charge >= 0.3 is 0 Å². The number of carbonyl (C=O) groups is 1. The topological polar surface area (TPSA) is 52.9 Å². The van der Waals surface area contributed by atoms with E-state index in [1.54, 1.807) is 29.2 Å². The molecule has 1 amide bonds. The van der Waals surface area contributed by atoms with Crippen LogP contribution in [0.5, 0.6) is 0 Å². The summed E-state index contributed by atoms with van der Waals surface area (Å²) in [6, 6.07) is 4.16. The largest absolute Gasteiger partial charge is 0.333 e. The third-order valence-corrected chi connectivity index (χ3v) is 5.33. The molecule has 1 fully saturated rings. The van der Waals surface area contributed by atoms with Crippen LogP contribution in [0.3, 0.4) is 0 Å². The lowest BCUT2D eigenvalue weighted by molar-refractivity contribution is -0.117. The standard InChI is InChI=1S/C12H11BrN2OS2/c13-10-5-9(6-18-10)1-2-11(16)15-12(7-14)3-4-17-8-12/h1-2,5-6H,3-4,8H2,(H,15,16). The summed E-state index contributed by atoms with van der Waals surface area (Å²) < 4.78 is 1.03. The van der Waals surface area contributed by atoms with Gasteiger partial charge in [0.25, 0.3) is 0 Å². The van der Waals surface area contributed by atoms with Gasteiger partial charge in [0.15, 0.2) is 0 Å². The highest BCUT2D eigenvalue weighted by Gasteiger charge is 2.35. The summed E-state index contributed by atoms with van der Waals surface area (Å²) >= 11 is 6.64. The normalized spacial score (nSPS) is 23.1. The molecule has 1 aliphatic heterocycles. The Balaban J connectivity index is 1.96. The molecule has 3 nitrogen and oxygen atoms in total. The lowest BCUT2D eigenvalue weighted by atomic mass is 10.0. The van der Waals surface area contributed by atoms with E-state index in [-0.39, 0.29) is 5.91 Å². The fourth-order valence-corrected chi connectivity index (χ4v) is 4.05. The molecule has 18 heavy (non-hydrogen) atoms. The van der Waals surface area contributed by atoms with Gasteiger partial charge in [-0.05, 0) is 51.2 Å². The van der Waals surface area contributed by atoms with Crippen LogP contribution in [-0.2, 0) is 4.79 Å². The quantitative estimate of drug-likeness (QED) is 0.859. The molecule has 1 aromatic rings. The van der Waals surface area contributed by atoms with Crippen LogP contribution >= 0.6 is 39.0 Å². The van der Waals surface area contributed by atoms with Crippen molar-refractivity contribution in [2.45, 2.75) is 12.0 Å². The van der Waals surface area contributed by atoms with Gasteiger partial charge in [0.2, 0.25) is 5.91 Å². The van der Waals surface area contributed by atoms with E-state index in [0.29, 0.717) is 5.75 Å². The molecule has 0 radical (unpaired) electrons. The Hall–Kier alpha value is -0.770. The van der Waals surface area contributed by atoms with Gasteiger partial charge in [-0.2, -0.15) is 17.0 Å². The van der Waals surface area contributed by atoms with Crippen molar-refractivity contribution in [2.24, 2.45) is 0 Å². The Kier molecular flexibility index (Phi) is 4.49. The van der Waals surface area contributed by atoms with Crippen LogP contribution in [0.25, 0.3) is 6.08 Å². The number of carbonyl (C=O) groups excluding carboxylic acids is 1. The van der Waals surface area contributed by atoms with Crippen molar-refractivity contribution in [3.63, 3.8) is 0 Å². The molecule has 1 N–H and O–H groups in total. The predicted molar refractivity (Wildman–Crippen MR) is 79.5 cm³/mol. The van der Waals surface area contributed by atoms with E-state index < -0.39 is 5.54 Å². The van der Waals surface area contributed by atoms with E-state index in [9.17, 15) is 4.79 Å². The number of thioether (sulfide) groups is 1. The van der Waals surface area contributed by atoms with Gasteiger partial charge in [0.05, 0.1) is 9.86 Å². The molecular weight excluding hydrogens is 332 g/mol. The summed E-state index contributed by atoms with van der Waals surface area (Å²) in [4.78, 5) is 11.8. The lowest BCUT2D eigenvalue weighted by Crippen LogP contribution is -2.46. The molecule has 0 aromatic carbocycles. The number of thiophene rings is 1. The zero-order chi connectivity index (χ0) is 13.0. The first kappa shape index (κ1) is 13.7. The molecular formula is C12H11BrN2OS2. The second-order valence-electron chi connectivity index (χ2n) is 4.00. The molecule has 94 valence electrons. The molecule has 1 atom stereocenters. The lowest BCUT2D eigenvalue weighted by Gasteiger charge is -2.19. The van der Waals surface area contributed by atoms with Crippen molar-refractivity contribution < 1.29 is 4.79 Å². The number of nitriles is 1. The zero-order valence-corrected chi connectivity index (χ0v) is 12.7. The fraction of sp³-hybridized carbons (Fsp3) is 0.333. The molecule has 6 heteroatoms. The first-order chi connectivity index (χ1) is 8.63. The smallest absolute Gasteiger partial charge is 0.245 e.